The molecule has 2 N–H and O–H groups in total. The fraction of sp³-hybridized carbons (Fsp3) is 0.516. The van der Waals surface area contributed by atoms with Gasteiger partial charge in [0.15, 0.2) is 0 Å². The van der Waals surface area contributed by atoms with Crippen molar-refractivity contribution in [3.63, 3.8) is 0 Å². The Balaban J connectivity index is 1.57. The second-order valence-electron chi connectivity index (χ2n) is 12.7. The van der Waals surface area contributed by atoms with Crippen molar-refractivity contribution in [2.24, 2.45) is 11.3 Å². The summed E-state index contributed by atoms with van der Waals surface area (Å²) >= 11 is 6.23. The summed E-state index contributed by atoms with van der Waals surface area (Å²) in [6.07, 6.45) is 4.12. The molecule has 0 atom stereocenters. The molecule has 4 rings (SSSR count). The molecule has 1 aliphatic heterocycles. The van der Waals surface area contributed by atoms with E-state index in [1.807, 2.05) is 11.0 Å². The van der Waals surface area contributed by atoms with E-state index in [-0.39, 0.29) is 51.9 Å². The first-order chi connectivity index (χ1) is 18.2. The molecule has 1 aliphatic carbocycles. The zero-order valence-corrected chi connectivity index (χ0v) is 24.5. The standard InChI is InChI=1S/C31H39ClFN3O3/c1-18(2)27(37)34-16-19-7-10-24(32)25(26(19)33)28(38)35-20-8-9-23-22(15-20)29(39)36(17-31(23,5)6)21-11-13-30(3,4)14-12-21/h7-10,15,18,21H,11-14,16-17H2,1-6H3,(H,34,37)(H,35,38). The van der Waals surface area contributed by atoms with E-state index in [4.69, 9.17) is 11.6 Å². The second kappa shape index (κ2) is 10.9. The first-order valence-corrected chi connectivity index (χ1v) is 14.1. The van der Waals surface area contributed by atoms with Crippen molar-refractivity contribution in [3.8, 4) is 0 Å². The Labute approximate surface area is 235 Å². The average Bonchev–Trinajstić information content (AvgIpc) is 2.85. The fourth-order valence-electron chi connectivity index (χ4n) is 5.64. The average molecular weight is 556 g/mol. The van der Waals surface area contributed by atoms with Crippen molar-refractivity contribution < 1.29 is 18.8 Å². The highest BCUT2D eigenvalue weighted by atomic mass is 35.5. The molecule has 2 aromatic carbocycles. The summed E-state index contributed by atoms with van der Waals surface area (Å²) in [5, 5.41) is 5.36. The van der Waals surface area contributed by atoms with Crippen LogP contribution >= 0.6 is 11.6 Å². The summed E-state index contributed by atoms with van der Waals surface area (Å²) in [7, 11) is 0. The maximum atomic E-state index is 15.3. The number of carbonyl (C=O) groups excluding carboxylic acids is 3. The van der Waals surface area contributed by atoms with Crippen LogP contribution in [-0.4, -0.2) is 35.2 Å². The van der Waals surface area contributed by atoms with Crippen molar-refractivity contribution in [2.75, 3.05) is 11.9 Å². The molecule has 1 fully saturated rings. The SMILES string of the molecule is CC(C)C(=O)NCc1ccc(Cl)c(C(=O)Nc2ccc3c(c2)C(=O)N(C2CCC(C)(C)CC2)CC3(C)C)c1F. The molecule has 6 nitrogen and oxygen atoms in total. The summed E-state index contributed by atoms with van der Waals surface area (Å²) in [4.78, 5) is 40.8. The Bertz CT molecular complexity index is 1290. The van der Waals surface area contributed by atoms with Crippen LogP contribution in [-0.2, 0) is 16.8 Å². The van der Waals surface area contributed by atoms with Crippen LogP contribution in [0.5, 0.6) is 0 Å². The molecule has 0 radical (unpaired) electrons. The highest BCUT2D eigenvalue weighted by Crippen LogP contribution is 2.41. The zero-order chi connectivity index (χ0) is 28.7. The van der Waals surface area contributed by atoms with Crippen LogP contribution in [0.25, 0.3) is 0 Å². The zero-order valence-electron chi connectivity index (χ0n) is 23.7. The highest BCUT2D eigenvalue weighted by Gasteiger charge is 2.41. The normalized spacial score (nSPS) is 18.6. The van der Waals surface area contributed by atoms with Crippen molar-refractivity contribution in [1.29, 1.82) is 0 Å². The summed E-state index contributed by atoms with van der Waals surface area (Å²) < 4.78 is 15.3. The second-order valence-corrected chi connectivity index (χ2v) is 13.1. The molecule has 0 aromatic heterocycles. The molecule has 2 aliphatic rings. The molecule has 0 bridgehead atoms. The van der Waals surface area contributed by atoms with E-state index in [0.29, 0.717) is 23.2 Å². The van der Waals surface area contributed by atoms with Gasteiger partial charge >= 0.3 is 0 Å². The number of nitrogens with one attached hydrogen (secondary N) is 2. The van der Waals surface area contributed by atoms with Crippen molar-refractivity contribution >= 4 is 35.0 Å². The van der Waals surface area contributed by atoms with E-state index in [0.717, 1.165) is 31.2 Å². The Morgan fingerprint density at radius 1 is 1.10 bits per heavy atom. The third-order valence-electron chi connectivity index (χ3n) is 8.19. The lowest BCUT2D eigenvalue weighted by Crippen LogP contribution is -2.52. The number of rotatable bonds is 6. The monoisotopic (exact) mass is 555 g/mol. The van der Waals surface area contributed by atoms with Crippen molar-refractivity contribution in [2.45, 2.75) is 85.2 Å². The Morgan fingerprint density at radius 2 is 1.77 bits per heavy atom. The van der Waals surface area contributed by atoms with E-state index in [1.54, 1.807) is 26.0 Å². The summed E-state index contributed by atoms with van der Waals surface area (Å²) in [5.41, 5.74) is 1.80. The molecule has 0 spiro atoms. The smallest absolute Gasteiger partial charge is 0.260 e. The van der Waals surface area contributed by atoms with Crippen molar-refractivity contribution in [1.82, 2.24) is 10.2 Å². The number of hydrogen-bond donors (Lipinski definition) is 2. The van der Waals surface area contributed by atoms with Gasteiger partial charge in [-0.3, -0.25) is 14.4 Å². The molecule has 2 aromatic rings. The van der Waals surface area contributed by atoms with E-state index in [1.165, 1.54) is 12.1 Å². The molecule has 1 heterocycles. The Morgan fingerprint density at radius 3 is 2.41 bits per heavy atom. The van der Waals surface area contributed by atoms with Crippen LogP contribution < -0.4 is 10.6 Å². The van der Waals surface area contributed by atoms with Crippen LogP contribution in [0.15, 0.2) is 30.3 Å². The predicted molar refractivity (Wildman–Crippen MR) is 153 cm³/mol. The van der Waals surface area contributed by atoms with Crippen LogP contribution in [0.4, 0.5) is 10.1 Å². The predicted octanol–water partition coefficient (Wildman–Crippen LogP) is 6.71. The topological polar surface area (TPSA) is 78.5 Å². The summed E-state index contributed by atoms with van der Waals surface area (Å²) in [5.74, 6) is -2.00. The quantitative estimate of drug-likeness (QED) is 0.416. The number of nitrogens with zero attached hydrogens (tertiary/aromatic N) is 1. The number of halogens is 2. The fourth-order valence-corrected chi connectivity index (χ4v) is 5.87. The summed E-state index contributed by atoms with van der Waals surface area (Å²) in [6, 6.07) is 8.40. The van der Waals surface area contributed by atoms with Crippen LogP contribution in [0.3, 0.4) is 0 Å². The molecule has 210 valence electrons. The van der Waals surface area contributed by atoms with Crippen LogP contribution in [0.2, 0.25) is 5.02 Å². The maximum Gasteiger partial charge on any atom is 0.260 e. The van der Waals surface area contributed by atoms with E-state index < -0.39 is 11.7 Å². The van der Waals surface area contributed by atoms with Gasteiger partial charge < -0.3 is 15.5 Å². The van der Waals surface area contributed by atoms with Gasteiger partial charge in [-0.2, -0.15) is 0 Å². The molecular weight excluding hydrogens is 517 g/mol. The minimum absolute atomic E-state index is 0.0303. The molecule has 3 amide bonds. The lowest BCUT2D eigenvalue weighted by atomic mass is 9.73. The third kappa shape index (κ3) is 6.13. The van der Waals surface area contributed by atoms with Crippen LogP contribution in [0.1, 0.15) is 99.1 Å². The van der Waals surface area contributed by atoms with Gasteiger partial charge in [0.25, 0.3) is 11.8 Å². The maximum absolute atomic E-state index is 15.3. The van der Waals surface area contributed by atoms with Gasteiger partial charge in [0.1, 0.15) is 5.82 Å². The van der Waals surface area contributed by atoms with Gasteiger partial charge in [-0.05, 0) is 54.9 Å². The Kier molecular flexibility index (Phi) is 8.13. The molecule has 39 heavy (non-hydrogen) atoms. The van der Waals surface area contributed by atoms with Crippen molar-refractivity contribution in [3.05, 3.63) is 63.4 Å². The molecule has 1 saturated carbocycles. The van der Waals surface area contributed by atoms with Gasteiger partial charge in [0.2, 0.25) is 5.91 Å². The first-order valence-electron chi connectivity index (χ1n) is 13.7. The van der Waals surface area contributed by atoms with Crippen LogP contribution in [0, 0.1) is 17.2 Å². The molecule has 0 unspecified atom stereocenters. The largest absolute Gasteiger partial charge is 0.352 e. The third-order valence-corrected chi connectivity index (χ3v) is 8.50. The highest BCUT2D eigenvalue weighted by molar-refractivity contribution is 6.34. The van der Waals surface area contributed by atoms with Gasteiger partial charge in [0.05, 0.1) is 10.6 Å². The first kappa shape index (κ1) is 29.1. The van der Waals surface area contributed by atoms with E-state index in [9.17, 15) is 14.4 Å². The Hall–Kier alpha value is -2.93. The van der Waals surface area contributed by atoms with E-state index in [2.05, 4.69) is 38.3 Å². The minimum Gasteiger partial charge on any atom is -0.352 e. The lowest BCUT2D eigenvalue weighted by Gasteiger charge is -2.46. The number of hydrogen-bond acceptors (Lipinski definition) is 3. The number of amides is 3. The van der Waals surface area contributed by atoms with Gasteiger partial charge in [-0.1, -0.05) is 65.3 Å². The molecule has 8 heteroatoms. The van der Waals surface area contributed by atoms with Gasteiger partial charge in [-0.15, -0.1) is 0 Å². The molecule has 0 saturated heterocycles. The van der Waals surface area contributed by atoms with Gasteiger partial charge in [0, 0.05) is 47.3 Å². The molecular formula is C31H39ClFN3O3. The van der Waals surface area contributed by atoms with Gasteiger partial charge in [-0.25, -0.2) is 4.39 Å². The number of benzene rings is 2. The number of fused-ring (bicyclic) bond motifs is 1. The van der Waals surface area contributed by atoms with E-state index >= 15 is 4.39 Å². The minimum atomic E-state index is -0.786. The lowest BCUT2D eigenvalue weighted by molar-refractivity contribution is -0.124. The number of anilines is 1. The summed E-state index contributed by atoms with van der Waals surface area (Å²) in [6.45, 7) is 12.9. The number of carbonyl (C=O) groups is 3.